The van der Waals surface area contributed by atoms with E-state index in [2.05, 4.69) is 0 Å². The zero-order valence-corrected chi connectivity index (χ0v) is 16.3. The molecule has 0 aliphatic heterocycles. The Morgan fingerprint density at radius 3 is 1.63 bits per heavy atom. The Balaban J connectivity index is 5.44. The fraction of sp³-hybridized carbons (Fsp3) is 1.00. The number of hydrogen-bond donors (Lipinski definition) is 8. The second kappa shape index (κ2) is 12.2. The molecule has 0 aliphatic rings. The van der Waals surface area contributed by atoms with Gasteiger partial charge in [0.15, 0.2) is 6.29 Å². The van der Waals surface area contributed by atoms with Gasteiger partial charge in [0, 0.05) is 0 Å². The predicted molar refractivity (Wildman–Crippen MR) is 94.6 cm³/mol. The van der Waals surface area contributed by atoms with Crippen molar-refractivity contribution in [2.75, 3.05) is 19.8 Å². The van der Waals surface area contributed by atoms with E-state index in [1.54, 1.807) is 0 Å². The van der Waals surface area contributed by atoms with Gasteiger partial charge in [-0.25, -0.2) is 0 Å². The van der Waals surface area contributed by atoms with Crippen LogP contribution in [0.5, 0.6) is 0 Å². The van der Waals surface area contributed by atoms with Crippen molar-refractivity contribution in [3.63, 3.8) is 0 Å². The highest BCUT2D eigenvalue weighted by Crippen LogP contribution is 2.25. The first kappa shape index (κ1) is 26.6. The van der Waals surface area contributed by atoms with Crippen LogP contribution in [0, 0.1) is 5.41 Å². The normalized spacial score (nSPS) is 21.8. The lowest BCUT2D eigenvalue weighted by Gasteiger charge is -2.36. The maximum atomic E-state index is 10.4. The molecule has 8 atom stereocenters. The zero-order chi connectivity index (χ0) is 21.4. The van der Waals surface area contributed by atoms with Gasteiger partial charge in [0.05, 0.1) is 32.0 Å². The second-order valence-corrected chi connectivity index (χ2v) is 7.89. The van der Waals surface area contributed by atoms with Gasteiger partial charge in [-0.3, -0.25) is 0 Å². The molecule has 0 aromatic carbocycles. The lowest BCUT2D eigenvalue weighted by Crippen LogP contribution is -2.53. The quantitative estimate of drug-likeness (QED) is 0.152. The molecule has 0 saturated carbocycles. The molecule has 0 rings (SSSR count). The van der Waals surface area contributed by atoms with Crippen molar-refractivity contribution in [3.8, 4) is 0 Å². The van der Waals surface area contributed by atoms with E-state index in [4.69, 9.17) is 9.47 Å². The van der Waals surface area contributed by atoms with Crippen LogP contribution in [0.2, 0.25) is 0 Å². The van der Waals surface area contributed by atoms with Crippen LogP contribution >= 0.6 is 0 Å². The van der Waals surface area contributed by atoms with Crippen LogP contribution < -0.4 is 0 Å². The molecule has 0 aliphatic carbocycles. The Bertz CT molecular complexity index is 386. The van der Waals surface area contributed by atoms with Crippen LogP contribution in [0.4, 0.5) is 0 Å². The van der Waals surface area contributed by atoms with E-state index in [0.29, 0.717) is 0 Å². The van der Waals surface area contributed by atoms with E-state index in [1.165, 1.54) is 6.92 Å². The van der Waals surface area contributed by atoms with Crippen LogP contribution in [0.1, 0.15) is 34.1 Å². The molecular formula is C17H36O10. The van der Waals surface area contributed by atoms with Gasteiger partial charge in [0.1, 0.15) is 30.5 Å². The van der Waals surface area contributed by atoms with Crippen LogP contribution in [0.25, 0.3) is 0 Å². The number of ether oxygens (including phenoxy) is 2. The molecule has 0 heterocycles. The van der Waals surface area contributed by atoms with Crippen LogP contribution in [-0.2, 0) is 9.47 Å². The van der Waals surface area contributed by atoms with Crippen LogP contribution in [0.15, 0.2) is 0 Å². The fourth-order valence-electron chi connectivity index (χ4n) is 2.41. The van der Waals surface area contributed by atoms with Gasteiger partial charge in [0.2, 0.25) is 0 Å². The topological polar surface area (TPSA) is 180 Å². The summed E-state index contributed by atoms with van der Waals surface area (Å²) < 4.78 is 10.6. The zero-order valence-electron chi connectivity index (χ0n) is 16.3. The third-order valence-electron chi connectivity index (χ3n) is 3.94. The fourth-order valence-corrected chi connectivity index (χ4v) is 2.41. The minimum absolute atomic E-state index is 0.146. The molecule has 0 spiro atoms. The number of aliphatic hydroxyl groups is 8. The van der Waals surface area contributed by atoms with Gasteiger partial charge >= 0.3 is 0 Å². The lowest BCUT2D eigenvalue weighted by molar-refractivity contribution is -0.284. The van der Waals surface area contributed by atoms with E-state index in [1.807, 2.05) is 20.8 Å². The van der Waals surface area contributed by atoms with E-state index >= 15 is 0 Å². The smallest absolute Gasteiger partial charge is 0.186 e. The SMILES string of the molecule is C[C@H](O)C(CO)O[C@@H](OC(C(O)CO)C(O)C(O)CC(C)(C)C)[C@@H](O)CO. The maximum Gasteiger partial charge on any atom is 0.186 e. The van der Waals surface area contributed by atoms with Crippen molar-refractivity contribution < 1.29 is 50.3 Å². The third kappa shape index (κ3) is 9.57. The monoisotopic (exact) mass is 400 g/mol. The predicted octanol–water partition coefficient (Wildman–Crippen LogP) is -2.68. The summed E-state index contributed by atoms with van der Waals surface area (Å²) >= 11 is 0. The largest absolute Gasteiger partial charge is 0.394 e. The standard InChI is InChI=1S/C17H36O10/c1-9(21)13(8-20)26-16(12(24)7-19)27-15(11(23)6-18)14(25)10(22)5-17(2,3)4/h9-16,18-25H,5-8H2,1-4H3/t9-,10?,11?,12-,13?,14?,15?,16-/m0/s1. The van der Waals surface area contributed by atoms with Crippen molar-refractivity contribution in [2.24, 2.45) is 5.41 Å². The first-order chi connectivity index (χ1) is 12.4. The van der Waals surface area contributed by atoms with Crippen molar-refractivity contribution in [2.45, 2.75) is 83.1 Å². The lowest BCUT2D eigenvalue weighted by atomic mass is 9.86. The van der Waals surface area contributed by atoms with E-state index in [-0.39, 0.29) is 11.8 Å². The Morgan fingerprint density at radius 1 is 0.741 bits per heavy atom. The number of rotatable bonds is 13. The summed E-state index contributed by atoms with van der Waals surface area (Å²) in [5, 5.41) is 77.8. The Labute approximate surface area is 159 Å². The molecule has 8 N–H and O–H groups in total. The molecule has 0 bridgehead atoms. The molecule has 5 unspecified atom stereocenters. The second-order valence-electron chi connectivity index (χ2n) is 7.89. The average molecular weight is 400 g/mol. The minimum Gasteiger partial charge on any atom is -0.394 e. The number of aliphatic hydroxyl groups excluding tert-OH is 8. The highest BCUT2D eigenvalue weighted by Gasteiger charge is 2.38. The first-order valence-corrected chi connectivity index (χ1v) is 8.91. The van der Waals surface area contributed by atoms with Gasteiger partial charge < -0.3 is 50.3 Å². The van der Waals surface area contributed by atoms with Crippen molar-refractivity contribution in [3.05, 3.63) is 0 Å². The summed E-state index contributed by atoms with van der Waals surface area (Å²) in [5.74, 6) is 0. The van der Waals surface area contributed by atoms with Gasteiger partial charge in [0.25, 0.3) is 0 Å². The first-order valence-electron chi connectivity index (χ1n) is 8.91. The summed E-state index contributed by atoms with van der Waals surface area (Å²) in [5.41, 5.74) is -0.357. The Morgan fingerprint density at radius 2 is 1.26 bits per heavy atom. The maximum absolute atomic E-state index is 10.4. The van der Waals surface area contributed by atoms with Gasteiger partial charge in [-0.05, 0) is 18.8 Å². The highest BCUT2D eigenvalue weighted by molar-refractivity contribution is 4.85. The highest BCUT2D eigenvalue weighted by atomic mass is 16.7. The minimum atomic E-state index is -1.66. The summed E-state index contributed by atoms with van der Waals surface area (Å²) in [6.45, 7) is 4.56. The molecule has 0 amide bonds. The molecule has 0 saturated heterocycles. The van der Waals surface area contributed by atoms with E-state index in [9.17, 15) is 40.9 Å². The molecule has 10 nitrogen and oxygen atoms in total. The summed E-state index contributed by atoms with van der Waals surface area (Å²) in [6, 6.07) is 0. The van der Waals surface area contributed by atoms with Crippen molar-refractivity contribution in [1.82, 2.24) is 0 Å². The average Bonchev–Trinajstić information content (AvgIpc) is 2.58. The van der Waals surface area contributed by atoms with Crippen molar-refractivity contribution >= 4 is 0 Å². The molecule has 0 fully saturated rings. The van der Waals surface area contributed by atoms with Gasteiger partial charge in [-0.2, -0.15) is 0 Å². The Hall–Kier alpha value is -0.400. The van der Waals surface area contributed by atoms with Crippen LogP contribution in [0.3, 0.4) is 0 Å². The summed E-state index contributed by atoms with van der Waals surface area (Å²) in [6.07, 6.45) is -11.7. The summed E-state index contributed by atoms with van der Waals surface area (Å²) in [7, 11) is 0. The molecule has 0 radical (unpaired) electrons. The van der Waals surface area contributed by atoms with Gasteiger partial charge in [-0.1, -0.05) is 20.8 Å². The van der Waals surface area contributed by atoms with Crippen LogP contribution in [-0.4, -0.2) is 110 Å². The summed E-state index contributed by atoms with van der Waals surface area (Å²) in [4.78, 5) is 0. The Kier molecular flexibility index (Phi) is 12.0. The number of hydrogen-bond acceptors (Lipinski definition) is 10. The molecule has 10 heteroatoms. The molecule has 164 valence electrons. The third-order valence-corrected chi connectivity index (χ3v) is 3.94. The van der Waals surface area contributed by atoms with E-state index in [0.717, 1.165) is 0 Å². The van der Waals surface area contributed by atoms with E-state index < -0.39 is 68.8 Å². The molecular weight excluding hydrogens is 364 g/mol. The molecule has 0 aromatic rings. The van der Waals surface area contributed by atoms with Crippen molar-refractivity contribution in [1.29, 1.82) is 0 Å². The molecule has 0 aromatic heterocycles. The van der Waals surface area contributed by atoms with Gasteiger partial charge in [-0.15, -0.1) is 0 Å². The molecule has 27 heavy (non-hydrogen) atoms.